The molecule has 0 spiro atoms. The molecule has 5 nitrogen and oxygen atoms in total. The molecule has 4 rings (SSSR count). The van der Waals surface area contributed by atoms with Crippen molar-refractivity contribution in [3.05, 3.63) is 78.5 Å². The third-order valence-corrected chi connectivity index (χ3v) is 4.23. The summed E-state index contributed by atoms with van der Waals surface area (Å²) < 4.78 is 1.79. The number of carbonyl (C=O) groups is 1. The molecule has 3 heterocycles. The molecule has 1 aromatic carbocycles. The Morgan fingerprint density at radius 3 is 2.70 bits per heavy atom. The molecular formula is C18H16N4O. The summed E-state index contributed by atoms with van der Waals surface area (Å²) in [6.07, 6.45) is 7.85. The lowest BCUT2D eigenvalue weighted by Crippen LogP contribution is -2.45. The highest BCUT2D eigenvalue weighted by molar-refractivity contribution is 5.95. The van der Waals surface area contributed by atoms with Gasteiger partial charge in [-0.1, -0.05) is 30.3 Å². The Bertz CT molecular complexity index is 814. The first-order valence-electron chi connectivity index (χ1n) is 7.63. The third-order valence-electron chi connectivity index (χ3n) is 4.23. The largest absolute Gasteiger partial charge is 0.331 e. The Hall–Kier alpha value is -2.95. The third kappa shape index (κ3) is 2.50. The van der Waals surface area contributed by atoms with E-state index in [0.29, 0.717) is 11.4 Å². The van der Waals surface area contributed by atoms with Crippen molar-refractivity contribution in [1.29, 1.82) is 0 Å². The van der Waals surface area contributed by atoms with Crippen molar-refractivity contribution >= 4 is 5.91 Å². The molecule has 23 heavy (non-hydrogen) atoms. The summed E-state index contributed by atoms with van der Waals surface area (Å²) in [5, 5.41) is 0. The van der Waals surface area contributed by atoms with E-state index in [9.17, 15) is 4.79 Å². The topological polar surface area (TPSA) is 51.0 Å². The highest BCUT2D eigenvalue weighted by Crippen LogP contribution is 2.34. The molecule has 0 bridgehead atoms. The summed E-state index contributed by atoms with van der Waals surface area (Å²) in [5.41, 5.74) is 1.85. The smallest absolute Gasteiger partial charge is 0.254 e. The van der Waals surface area contributed by atoms with Crippen LogP contribution < -0.4 is 0 Å². The van der Waals surface area contributed by atoms with Crippen LogP contribution in [0.4, 0.5) is 0 Å². The van der Waals surface area contributed by atoms with E-state index in [2.05, 4.69) is 22.1 Å². The molecule has 0 saturated carbocycles. The van der Waals surface area contributed by atoms with Crippen LogP contribution in [0.1, 0.15) is 28.4 Å². The fourth-order valence-electron chi connectivity index (χ4n) is 2.91. The minimum Gasteiger partial charge on any atom is -0.331 e. The summed E-state index contributed by atoms with van der Waals surface area (Å²) in [5.74, 6) is 0.749. The zero-order chi connectivity index (χ0) is 15.6. The minimum absolute atomic E-state index is 0.0499. The van der Waals surface area contributed by atoms with Gasteiger partial charge in [0.25, 0.3) is 5.91 Å². The highest BCUT2D eigenvalue weighted by atomic mass is 16.2. The molecule has 0 N–H and O–H groups in total. The van der Waals surface area contributed by atoms with E-state index in [4.69, 9.17) is 0 Å². The van der Waals surface area contributed by atoms with Crippen LogP contribution in [0, 0.1) is 0 Å². The van der Waals surface area contributed by atoms with Gasteiger partial charge in [0.15, 0.2) is 0 Å². The Kier molecular flexibility index (Phi) is 3.38. The minimum atomic E-state index is 0.0499. The Balaban J connectivity index is 1.59. The normalized spacial score (nSPS) is 16.9. The van der Waals surface area contributed by atoms with Crippen LogP contribution in [-0.4, -0.2) is 31.9 Å². The summed E-state index contributed by atoms with van der Waals surface area (Å²) in [7, 11) is 0. The van der Waals surface area contributed by atoms with Gasteiger partial charge in [0.2, 0.25) is 0 Å². The van der Waals surface area contributed by atoms with Crippen molar-refractivity contribution in [3.8, 4) is 5.82 Å². The van der Waals surface area contributed by atoms with Crippen LogP contribution in [-0.2, 0) is 0 Å². The molecule has 0 radical (unpaired) electrons. The molecule has 1 aliphatic heterocycles. The fourth-order valence-corrected chi connectivity index (χ4v) is 2.91. The van der Waals surface area contributed by atoms with Crippen molar-refractivity contribution in [2.45, 2.75) is 12.5 Å². The molecule has 2 aromatic heterocycles. The molecule has 5 heteroatoms. The summed E-state index contributed by atoms with van der Waals surface area (Å²) in [4.78, 5) is 23.0. The lowest BCUT2D eigenvalue weighted by Gasteiger charge is -2.41. The number of hydrogen-bond acceptors (Lipinski definition) is 3. The van der Waals surface area contributed by atoms with Gasteiger partial charge in [-0.15, -0.1) is 0 Å². The molecule has 0 aliphatic carbocycles. The highest BCUT2D eigenvalue weighted by Gasteiger charge is 2.33. The number of carbonyl (C=O) groups excluding carboxylic acids is 1. The van der Waals surface area contributed by atoms with E-state index in [1.165, 1.54) is 5.56 Å². The molecular weight excluding hydrogens is 288 g/mol. The molecule has 1 atom stereocenters. The van der Waals surface area contributed by atoms with Gasteiger partial charge in [-0.3, -0.25) is 9.36 Å². The maximum Gasteiger partial charge on any atom is 0.254 e. The average molecular weight is 304 g/mol. The first kappa shape index (κ1) is 13.7. The standard InChI is InChI=1S/C18H16N4O/c23-18(22-10-7-16(22)14-4-2-1-3-5-14)15-6-8-20-17(12-15)21-11-9-19-13-21/h1-6,8-9,11-13,16H,7,10H2. The molecule has 1 fully saturated rings. The zero-order valence-electron chi connectivity index (χ0n) is 12.5. The second-order valence-corrected chi connectivity index (χ2v) is 5.59. The first-order valence-corrected chi connectivity index (χ1v) is 7.63. The molecule has 1 amide bonds. The van der Waals surface area contributed by atoms with Crippen molar-refractivity contribution < 1.29 is 4.79 Å². The van der Waals surface area contributed by atoms with Gasteiger partial charge in [0, 0.05) is 30.7 Å². The SMILES string of the molecule is O=C(c1ccnc(-n2ccnc2)c1)N1CCC1c1ccccc1. The Morgan fingerprint density at radius 1 is 1.13 bits per heavy atom. The van der Waals surface area contributed by atoms with Gasteiger partial charge in [0.1, 0.15) is 12.1 Å². The monoisotopic (exact) mass is 304 g/mol. The number of amides is 1. The molecule has 1 saturated heterocycles. The maximum absolute atomic E-state index is 12.8. The lowest BCUT2D eigenvalue weighted by molar-refractivity contribution is 0.0460. The summed E-state index contributed by atoms with van der Waals surface area (Å²) in [6.45, 7) is 0.793. The second kappa shape index (κ2) is 5.68. The van der Waals surface area contributed by atoms with E-state index in [-0.39, 0.29) is 11.9 Å². The van der Waals surface area contributed by atoms with Gasteiger partial charge in [0.05, 0.1) is 6.04 Å². The van der Waals surface area contributed by atoms with Crippen LogP contribution in [0.25, 0.3) is 5.82 Å². The Labute approximate surface area is 134 Å². The van der Waals surface area contributed by atoms with Crippen molar-refractivity contribution in [1.82, 2.24) is 19.4 Å². The molecule has 114 valence electrons. The zero-order valence-corrected chi connectivity index (χ0v) is 12.5. The van der Waals surface area contributed by atoms with Crippen molar-refractivity contribution in [2.75, 3.05) is 6.54 Å². The fraction of sp³-hybridized carbons (Fsp3) is 0.167. The lowest BCUT2D eigenvalue weighted by atomic mass is 9.94. The van der Waals surface area contributed by atoms with Gasteiger partial charge in [-0.2, -0.15) is 0 Å². The Morgan fingerprint density at radius 2 is 2.00 bits per heavy atom. The number of rotatable bonds is 3. The first-order chi connectivity index (χ1) is 11.3. The van der Waals surface area contributed by atoms with Crippen LogP contribution >= 0.6 is 0 Å². The van der Waals surface area contributed by atoms with Gasteiger partial charge < -0.3 is 4.90 Å². The number of aromatic nitrogens is 3. The van der Waals surface area contributed by atoms with Crippen molar-refractivity contribution in [2.24, 2.45) is 0 Å². The predicted molar refractivity (Wildman–Crippen MR) is 86.2 cm³/mol. The van der Waals surface area contributed by atoms with E-state index >= 15 is 0 Å². The number of likely N-dealkylation sites (tertiary alicyclic amines) is 1. The number of pyridine rings is 1. The maximum atomic E-state index is 12.8. The van der Waals surface area contributed by atoms with Crippen LogP contribution in [0.5, 0.6) is 0 Å². The van der Waals surface area contributed by atoms with Crippen molar-refractivity contribution in [3.63, 3.8) is 0 Å². The van der Waals surface area contributed by atoms with Crippen LogP contribution in [0.15, 0.2) is 67.4 Å². The van der Waals surface area contributed by atoms with Gasteiger partial charge in [-0.05, 0) is 24.1 Å². The average Bonchev–Trinajstić information content (AvgIpc) is 3.09. The second-order valence-electron chi connectivity index (χ2n) is 5.59. The van der Waals surface area contributed by atoms with E-state index in [1.807, 2.05) is 35.4 Å². The molecule has 3 aromatic rings. The number of imidazole rings is 1. The van der Waals surface area contributed by atoms with Crippen LogP contribution in [0.2, 0.25) is 0 Å². The molecule has 1 unspecified atom stereocenters. The van der Waals surface area contributed by atoms with E-state index in [0.717, 1.165) is 13.0 Å². The quantitative estimate of drug-likeness (QED) is 0.747. The molecule has 1 aliphatic rings. The summed E-state index contributed by atoms with van der Waals surface area (Å²) in [6, 6.07) is 13.9. The number of nitrogens with zero attached hydrogens (tertiary/aromatic N) is 4. The van der Waals surface area contributed by atoms with Gasteiger partial charge in [-0.25, -0.2) is 9.97 Å². The summed E-state index contributed by atoms with van der Waals surface area (Å²) >= 11 is 0. The van der Waals surface area contributed by atoms with Gasteiger partial charge >= 0.3 is 0 Å². The van der Waals surface area contributed by atoms with Crippen LogP contribution in [0.3, 0.4) is 0 Å². The predicted octanol–water partition coefficient (Wildman–Crippen LogP) is 2.85. The number of benzene rings is 1. The van der Waals surface area contributed by atoms with E-state index < -0.39 is 0 Å². The van der Waals surface area contributed by atoms with E-state index in [1.54, 1.807) is 29.4 Å². The number of hydrogen-bond donors (Lipinski definition) is 0.